The van der Waals surface area contributed by atoms with E-state index in [9.17, 15) is 9.59 Å². The quantitative estimate of drug-likeness (QED) is 0.688. The van der Waals surface area contributed by atoms with Crippen molar-refractivity contribution in [3.63, 3.8) is 0 Å². The third-order valence-electron chi connectivity index (χ3n) is 4.13. The molecule has 6 nitrogen and oxygen atoms in total. The predicted molar refractivity (Wildman–Crippen MR) is 111 cm³/mol. The lowest BCUT2D eigenvalue weighted by Gasteiger charge is -2.19. The Labute approximate surface area is 168 Å². The van der Waals surface area contributed by atoms with Gasteiger partial charge in [0.2, 0.25) is 5.91 Å². The SMILES string of the molecule is CC(C)(C)c1ccc(C(=O)NCC(=O)Nc2nc(-c3cccnc3)cs2)cc1. The van der Waals surface area contributed by atoms with Crippen LogP contribution in [0.4, 0.5) is 5.13 Å². The molecule has 2 aromatic heterocycles. The molecular formula is C21H22N4O2S. The molecule has 28 heavy (non-hydrogen) atoms. The van der Waals surface area contributed by atoms with E-state index in [1.807, 2.05) is 29.6 Å². The van der Waals surface area contributed by atoms with Crippen LogP contribution in [0, 0.1) is 0 Å². The Hall–Kier alpha value is -3.06. The van der Waals surface area contributed by atoms with Crippen LogP contribution in [-0.2, 0) is 10.2 Å². The molecule has 144 valence electrons. The maximum absolute atomic E-state index is 12.2. The molecule has 7 heteroatoms. The number of nitrogens with zero attached hydrogens (tertiary/aromatic N) is 2. The molecular weight excluding hydrogens is 372 g/mol. The zero-order chi connectivity index (χ0) is 20.1. The third kappa shape index (κ3) is 5.01. The van der Waals surface area contributed by atoms with Gasteiger partial charge >= 0.3 is 0 Å². The van der Waals surface area contributed by atoms with Gasteiger partial charge in [0.15, 0.2) is 5.13 Å². The Balaban J connectivity index is 1.53. The largest absolute Gasteiger partial charge is 0.343 e. The van der Waals surface area contributed by atoms with Crippen molar-refractivity contribution >= 4 is 28.3 Å². The molecule has 0 aliphatic rings. The molecule has 0 saturated carbocycles. The van der Waals surface area contributed by atoms with E-state index < -0.39 is 0 Å². The molecule has 0 radical (unpaired) electrons. The fourth-order valence-corrected chi connectivity index (χ4v) is 3.26. The Morgan fingerprint density at radius 1 is 1.11 bits per heavy atom. The smallest absolute Gasteiger partial charge is 0.251 e. The summed E-state index contributed by atoms with van der Waals surface area (Å²) in [6.07, 6.45) is 3.41. The minimum absolute atomic E-state index is 0.0251. The molecule has 0 unspecified atom stereocenters. The minimum atomic E-state index is -0.327. The molecule has 0 fully saturated rings. The topological polar surface area (TPSA) is 84.0 Å². The van der Waals surface area contributed by atoms with Crippen molar-refractivity contribution in [3.8, 4) is 11.3 Å². The molecule has 2 heterocycles. The van der Waals surface area contributed by atoms with Crippen LogP contribution in [0.3, 0.4) is 0 Å². The maximum atomic E-state index is 12.2. The van der Waals surface area contributed by atoms with E-state index in [4.69, 9.17) is 0 Å². The van der Waals surface area contributed by atoms with E-state index in [0.29, 0.717) is 10.7 Å². The van der Waals surface area contributed by atoms with E-state index in [0.717, 1.165) is 16.8 Å². The van der Waals surface area contributed by atoms with Crippen LogP contribution in [-0.4, -0.2) is 28.3 Å². The fraction of sp³-hybridized carbons (Fsp3) is 0.238. The lowest BCUT2D eigenvalue weighted by molar-refractivity contribution is -0.115. The second kappa shape index (κ2) is 8.31. The molecule has 2 amide bonds. The zero-order valence-corrected chi connectivity index (χ0v) is 16.8. The van der Waals surface area contributed by atoms with Gasteiger partial charge in [-0.15, -0.1) is 11.3 Å². The van der Waals surface area contributed by atoms with Gasteiger partial charge in [0.1, 0.15) is 0 Å². The van der Waals surface area contributed by atoms with Gasteiger partial charge in [-0.25, -0.2) is 4.98 Å². The normalized spacial score (nSPS) is 11.1. The molecule has 0 spiro atoms. The molecule has 0 bridgehead atoms. The second-order valence-electron chi connectivity index (χ2n) is 7.34. The Morgan fingerprint density at radius 3 is 2.50 bits per heavy atom. The Morgan fingerprint density at radius 2 is 1.86 bits per heavy atom. The van der Waals surface area contributed by atoms with Crippen molar-refractivity contribution in [1.82, 2.24) is 15.3 Å². The first-order valence-corrected chi connectivity index (χ1v) is 9.75. The number of benzene rings is 1. The number of nitrogens with one attached hydrogen (secondary N) is 2. The van der Waals surface area contributed by atoms with Crippen LogP contribution in [0.1, 0.15) is 36.7 Å². The second-order valence-corrected chi connectivity index (χ2v) is 8.20. The minimum Gasteiger partial charge on any atom is -0.343 e. The van der Waals surface area contributed by atoms with Gasteiger partial charge in [-0.3, -0.25) is 14.6 Å². The number of thiazole rings is 1. The van der Waals surface area contributed by atoms with Crippen molar-refractivity contribution in [2.75, 3.05) is 11.9 Å². The maximum Gasteiger partial charge on any atom is 0.251 e. The number of anilines is 1. The highest BCUT2D eigenvalue weighted by atomic mass is 32.1. The van der Waals surface area contributed by atoms with Gasteiger partial charge < -0.3 is 10.6 Å². The number of hydrogen-bond donors (Lipinski definition) is 2. The molecule has 0 saturated heterocycles. The standard InChI is InChI=1S/C21H22N4O2S/c1-21(2,3)16-8-6-14(7-9-16)19(27)23-12-18(26)25-20-24-17(13-28-20)15-5-4-10-22-11-15/h4-11,13H,12H2,1-3H3,(H,23,27)(H,24,25,26). The van der Waals surface area contributed by atoms with Crippen molar-refractivity contribution in [2.45, 2.75) is 26.2 Å². The summed E-state index contributed by atoms with van der Waals surface area (Å²) in [7, 11) is 0. The van der Waals surface area contributed by atoms with Crippen LogP contribution < -0.4 is 10.6 Å². The zero-order valence-electron chi connectivity index (χ0n) is 16.0. The molecule has 3 rings (SSSR count). The number of carbonyl (C=O) groups excluding carboxylic acids is 2. The number of hydrogen-bond acceptors (Lipinski definition) is 5. The Kier molecular flexibility index (Phi) is 5.84. The summed E-state index contributed by atoms with van der Waals surface area (Å²) in [5, 5.41) is 7.66. The predicted octanol–water partition coefficient (Wildman–Crippen LogP) is 3.87. The van der Waals surface area contributed by atoms with Crippen LogP contribution in [0.5, 0.6) is 0 Å². The molecule has 0 atom stereocenters. The van der Waals surface area contributed by atoms with Crippen molar-refractivity contribution in [1.29, 1.82) is 0 Å². The summed E-state index contributed by atoms with van der Waals surface area (Å²) < 4.78 is 0. The summed E-state index contributed by atoms with van der Waals surface area (Å²) in [4.78, 5) is 32.8. The van der Waals surface area contributed by atoms with Gasteiger partial charge in [0.25, 0.3) is 5.91 Å². The van der Waals surface area contributed by atoms with Crippen LogP contribution >= 0.6 is 11.3 Å². The van der Waals surface area contributed by atoms with E-state index in [1.54, 1.807) is 24.5 Å². The van der Waals surface area contributed by atoms with E-state index in [1.165, 1.54) is 11.3 Å². The highest BCUT2D eigenvalue weighted by Crippen LogP contribution is 2.24. The summed E-state index contributed by atoms with van der Waals surface area (Å²) in [6.45, 7) is 6.22. The average molecular weight is 395 g/mol. The number of amides is 2. The molecule has 0 aliphatic carbocycles. The van der Waals surface area contributed by atoms with E-state index >= 15 is 0 Å². The van der Waals surface area contributed by atoms with Gasteiger partial charge in [0, 0.05) is 28.9 Å². The summed E-state index contributed by atoms with van der Waals surface area (Å²) in [6, 6.07) is 11.1. The number of rotatable bonds is 5. The highest BCUT2D eigenvalue weighted by Gasteiger charge is 2.15. The van der Waals surface area contributed by atoms with Gasteiger partial charge in [-0.1, -0.05) is 32.9 Å². The van der Waals surface area contributed by atoms with Crippen LogP contribution in [0.2, 0.25) is 0 Å². The van der Waals surface area contributed by atoms with Crippen LogP contribution in [0.15, 0.2) is 54.2 Å². The fourth-order valence-electron chi connectivity index (χ4n) is 2.53. The average Bonchev–Trinajstić information content (AvgIpc) is 3.14. The van der Waals surface area contributed by atoms with Crippen molar-refractivity contribution in [3.05, 3.63) is 65.3 Å². The molecule has 1 aromatic carbocycles. The first-order chi connectivity index (χ1) is 13.3. The highest BCUT2D eigenvalue weighted by molar-refractivity contribution is 7.14. The van der Waals surface area contributed by atoms with Gasteiger partial charge in [0.05, 0.1) is 12.2 Å². The van der Waals surface area contributed by atoms with Gasteiger partial charge in [-0.2, -0.15) is 0 Å². The van der Waals surface area contributed by atoms with Crippen LogP contribution in [0.25, 0.3) is 11.3 Å². The third-order valence-corrected chi connectivity index (χ3v) is 4.89. The lowest BCUT2D eigenvalue weighted by Crippen LogP contribution is -2.32. The van der Waals surface area contributed by atoms with Gasteiger partial charge in [-0.05, 0) is 35.2 Å². The van der Waals surface area contributed by atoms with Crippen molar-refractivity contribution < 1.29 is 9.59 Å². The lowest BCUT2D eigenvalue weighted by atomic mass is 9.87. The molecule has 0 aliphatic heterocycles. The number of carbonyl (C=O) groups is 2. The monoisotopic (exact) mass is 394 g/mol. The Bertz CT molecular complexity index is 960. The number of pyridine rings is 1. The number of aromatic nitrogens is 2. The van der Waals surface area contributed by atoms with E-state index in [2.05, 4.69) is 41.4 Å². The summed E-state index contributed by atoms with van der Waals surface area (Å²) in [5.74, 6) is -0.613. The van der Waals surface area contributed by atoms with E-state index in [-0.39, 0.29) is 23.8 Å². The molecule has 3 aromatic rings. The van der Waals surface area contributed by atoms with Crippen molar-refractivity contribution in [2.24, 2.45) is 0 Å². The molecule has 2 N–H and O–H groups in total. The first kappa shape index (κ1) is 19.7. The summed E-state index contributed by atoms with van der Waals surface area (Å²) >= 11 is 1.32. The summed E-state index contributed by atoms with van der Waals surface area (Å²) in [5.41, 5.74) is 3.32. The first-order valence-electron chi connectivity index (χ1n) is 8.87.